The van der Waals surface area contributed by atoms with Gasteiger partial charge in [-0.2, -0.15) is 18.3 Å². The Labute approximate surface area is 143 Å². The Balaban J connectivity index is 1.70. The molecule has 0 aliphatic heterocycles. The van der Waals surface area contributed by atoms with Crippen LogP contribution in [0, 0.1) is 0 Å². The molecule has 0 unspecified atom stereocenters. The molecule has 1 aromatic carbocycles. The van der Waals surface area contributed by atoms with Gasteiger partial charge in [0.25, 0.3) is 5.91 Å². The van der Waals surface area contributed by atoms with E-state index < -0.39 is 17.6 Å². The highest BCUT2D eigenvalue weighted by Gasteiger charge is 2.30. The molecule has 0 radical (unpaired) electrons. The summed E-state index contributed by atoms with van der Waals surface area (Å²) >= 11 is 0. The van der Waals surface area contributed by atoms with Gasteiger partial charge in [-0.1, -0.05) is 12.1 Å². The number of carbonyl (C=O) groups is 1. The average molecular weight is 365 g/mol. The standard InChI is InChI=1S/C15H10F3N5O3/c16-15(17,18)9-3-1-2-8(6-9)11-5-4-10(25-11)7-20-21-14(24)12-13(19)23-26-22-12/h1-7H,(H2,19,23)(H,21,24). The number of nitrogens with one attached hydrogen (secondary N) is 1. The molecule has 0 spiro atoms. The van der Waals surface area contributed by atoms with E-state index in [1.54, 1.807) is 0 Å². The molecular weight excluding hydrogens is 355 g/mol. The maximum Gasteiger partial charge on any atom is 0.416 e. The minimum Gasteiger partial charge on any atom is -0.455 e. The molecule has 0 saturated heterocycles. The molecule has 0 aliphatic rings. The maximum atomic E-state index is 12.8. The van der Waals surface area contributed by atoms with Crippen molar-refractivity contribution in [2.24, 2.45) is 5.10 Å². The number of hydrogen-bond acceptors (Lipinski definition) is 7. The zero-order valence-electron chi connectivity index (χ0n) is 12.8. The fourth-order valence-electron chi connectivity index (χ4n) is 1.99. The van der Waals surface area contributed by atoms with Gasteiger partial charge in [-0.05, 0) is 34.6 Å². The minimum absolute atomic E-state index is 0.192. The van der Waals surface area contributed by atoms with E-state index >= 15 is 0 Å². The minimum atomic E-state index is -4.45. The van der Waals surface area contributed by atoms with Crippen molar-refractivity contribution in [2.45, 2.75) is 6.18 Å². The fraction of sp³-hybridized carbons (Fsp3) is 0.0667. The zero-order chi connectivity index (χ0) is 18.7. The number of amides is 1. The Hall–Kier alpha value is -3.63. The molecule has 8 nitrogen and oxygen atoms in total. The van der Waals surface area contributed by atoms with Crippen molar-refractivity contribution in [1.29, 1.82) is 0 Å². The smallest absolute Gasteiger partial charge is 0.416 e. The number of halogens is 3. The van der Waals surface area contributed by atoms with Gasteiger partial charge in [-0.25, -0.2) is 10.1 Å². The molecule has 11 heteroatoms. The Bertz CT molecular complexity index is 961. The molecule has 2 aromatic heterocycles. The summed E-state index contributed by atoms with van der Waals surface area (Å²) in [5.41, 5.74) is 6.73. The van der Waals surface area contributed by atoms with E-state index in [9.17, 15) is 18.0 Å². The van der Waals surface area contributed by atoms with Crippen molar-refractivity contribution >= 4 is 17.9 Å². The zero-order valence-corrected chi connectivity index (χ0v) is 12.8. The summed E-state index contributed by atoms with van der Waals surface area (Å²) in [5, 5.41) is 10.2. The number of alkyl halides is 3. The number of anilines is 1. The molecular formula is C15H10F3N5O3. The van der Waals surface area contributed by atoms with Crippen LogP contribution in [-0.4, -0.2) is 22.4 Å². The number of nitrogen functional groups attached to an aromatic ring is 1. The van der Waals surface area contributed by atoms with Crippen LogP contribution < -0.4 is 11.2 Å². The van der Waals surface area contributed by atoms with Gasteiger partial charge in [0, 0.05) is 5.56 Å². The van der Waals surface area contributed by atoms with Gasteiger partial charge in [-0.3, -0.25) is 4.79 Å². The lowest BCUT2D eigenvalue weighted by Gasteiger charge is -2.07. The van der Waals surface area contributed by atoms with Crippen molar-refractivity contribution in [1.82, 2.24) is 15.7 Å². The van der Waals surface area contributed by atoms with Crippen LogP contribution in [0.3, 0.4) is 0 Å². The largest absolute Gasteiger partial charge is 0.455 e. The third kappa shape index (κ3) is 3.71. The van der Waals surface area contributed by atoms with Crippen LogP contribution in [0.2, 0.25) is 0 Å². The lowest BCUT2D eigenvalue weighted by atomic mass is 10.1. The van der Waals surface area contributed by atoms with Gasteiger partial charge >= 0.3 is 6.18 Å². The van der Waals surface area contributed by atoms with Gasteiger partial charge < -0.3 is 10.2 Å². The third-order valence-corrected chi connectivity index (χ3v) is 3.19. The maximum absolute atomic E-state index is 12.8. The van der Waals surface area contributed by atoms with Crippen LogP contribution in [-0.2, 0) is 6.18 Å². The summed E-state index contributed by atoms with van der Waals surface area (Å²) in [6.07, 6.45) is -3.28. The first-order valence-electron chi connectivity index (χ1n) is 7.03. The van der Waals surface area contributed by atoms with Crippen LogP contribution in [0.1, 0.15) is 21.8 Å². The highest BCUT2D eigenvalue weighted by molar-refractivity contribution is 5.96. The molecule has 3 aromatic rings. The molecule has 0 atom stereocenters. The lowest BCUT2D eigenvalue weighted by Crippen LogP contribution is -2.19. The quantitative estimate of drug-likeness (QED) is 0.542. The molecule has 134 valence electrons. The normalized spacial score (nSPS) is 11.8. The predicted octanol–water partition coefficient (Wildman–Crippen LogP) is 2.69. The first kappa shape index (κ1) is 17.2. The first-order valence-corrected chi connectivity index (χ1v) is 7.03. The van der Waals surface area contributed by atoms with E-state index in [1.165, 1.54) is 30.5 Å². The van der Waals surface area contributed by atoms with Crippen molar-refractivity contribution < 1.29 is 27.0 Å². The van der Waals surface area contributed by atoms with E-state index in [1.807, 2.05) is 0 Å². The number of rotatable bonds is 4. The molecule has 1 amide bonds. The van der Waals surface area contributed by atoms with Crippen molar-refractivity contribution in [3.8, 4) is 11.3 Å². The Morgan fingerprint density at radius 1 is 1.23 bits per heavy atom. The summed E-state index contributed by atoms with van der Waals surface area (Å²) in [6, 6.07) is 7.67. The topological polar surface area (TPSA) is 120 Å². The predicted molar refractivity (Wildman–Crippen MR) is 82.9 cm³/mol. The van der Waals surface area contributed by atoms with E-state index in [0.717, 1.165) is 12.1 Å². The van der Waals surface area contributed by atoms with Gasteiger partial charge in [-0.15, -0.1) is 0 Å². The molecule has 0 bridgehead atoms. The molecule has 3 rings (SSSR count). The SMILES string of the molecule is Nc1nonc1C(=O)NN=Cc1ccc(-c2cccc(C(F)(F)F)c2)o1. The summed E-state index contributed by atoms with van der Waals surface area (Å²) in [7, 11) is 0. The highest BCUT2D eigenvalue weighted by Crippen LogP contribution is 2.32. The van der Waals surface area contributed by atoms with Gasteiger partial charge in [0.05, 0.1) is 11.8 Å². The molecule has 26 heavy (non-hydrogen) atoms. The van der Waals surface area contributed by atoms with Gasteiger partial charge in [0.1, 0.15) is 11.5 Å². The Kier molecular flexibility index (Phi) is 4.43. The van der Waals surface area contributed by atoms with Crippen molar-refractivity contribution in [2.75, 3.05) is 5.73 Å². The number of hydrogen-bond donors (Lipinski definition) is 2. The van der Waals surface area contributed by atoms with Gasteiger partial charge in [0.15, 0.2) is 0 Å². The van der Waals surface area contributed by atoms with Crippen LogP contribution >= 0.6 is 0 Å². The van der Waals surface area contributed by atoms with Crippen LogP contribution in [0.4, 0.5) is 19.0 Å². The molecule has 0 saturated carbocycles. The average Bonchev–Trinajstić information content (AvgIpc) is 3.23. The van der Waals surface area contributed by atoms with E-state index in [0.29, 0.717) is 0 Å². The summed E-state index contributed by atoms with van der Waals surface area (Å²) in [5.74, 6) is -0.509. The van der Waals surface area contributed by atoms with E-state index in [2.05, 4.69) is 25.5 Å². The number of nitrogens with two attached hydrogens (primary N) is 1. The van der Waals surface area contributed by atoms with Crippen LogP contribution in [0.25, 0.3) is 11.3 Å². The van der Waals surface area contributed by atoms with E-state index in [4.69, 9.17) is 10.2 Å². The summed E-state index contributed by atoms with van der Waals surface area (Å²) in [4.78, 5) is 11.7. The monoisotopic (exact) mass is 365 g/mol. The number of hydrazone groups is 1. The van der Waals surface area contributed by atoms with E-state index in [-0.39, 0.29) is 28.6 Å². The molecule has 2 heterocycles. The summed E-state index contributed by atoms with van der Waals surface area (Å²) in [6.45, 7) is 0. The first-order chi connectivity index (χ1) is 12.3. The fourth-order valence-corrected chi connectivity index (χ4v) is 1.99. The van der Waals surface area contributed by atoms with Gasteiger partial charge in [0.2, 0.25) is 11.5 Å². The van der Waals surface area contributed by atoms with Crippen molar-refractivity contribution in [3.63, 3.8) is 0 Å². The molecule has 3 N–H and O–H groups in total. The second kappa shape index (κ2) is 6.70. The van der Waals surface area contributed by atoms with Crippen LogP contribution in [0.5, 0.6) is 0 Å². The Morgan fingerprint density at radius 3 is 2.73 bits per heavy atom. The summed E-state index contributed by atoms with van der Waals surface area (Å²) < 4.78 is 48.0. The number of nitrogens with zero attached hydrogens (tertiary/aromatic N) is 3. The Morgan fingerprint density at radius 2 is 2.04 bits per heavy atom. The van der Waals surface area contributed by atoms with Crippen LogP contribution in [0.15, 0.2) is 50.5 Å². The number of furan rings is 1. The number of carbonyl (C=O) groups excluding carboxylic acids is 1. The lowest BCUT2D eigenvalue weighted by molar-refractivity contribution is -0.137. The number of aromatic nitrogens is 2. The second-order valence-electron chi connectivity index (χ2n) is 4.98. The highest BCUT2D eigenvalue weighted by atomic mass is 19.4. The number of benzene rings is 1. The van der Waals surface area contributed by atoms with Crippen molar-refractivity contribution in [3.05, 3.63) is 53.4 Å². The second-order valence-corrected chi connectivity index (χ2v) is 4.98. The molecule has 0 fully saturated rings. The molecule has 0 aliphatic carbocycles. The third-order valence-electron chi connectivity index (χ3n) is 3.19.